The number of rotatable bonds is 29. The molecule has 0 fully saturated rings. The van der Waals surface area contributed by atoms with Crippen LogP contribution >= 0.6 is 7.82 Å². The second-order valence-corrected chi connectivity index (χ2v) is 12.0. The maximum atomic E-state index is 12.3. The Morgan fingerprint density at radius 3 is 1.55 bits per heavy atom. The van der Waals surface area contributed by atoms with Gasteiger partial charge < -0.3 is 19.3 Å². The average Bonchev–Trinajstić information content (AvgIpc) is 2.91. The Morgan fingerprint density at radius 2 is 1.05 bits per heavy atom. The fourth-order valence-electron chi connectivity index (χ4n) is 4.37. The molecule has 9 heteroatoms. The minimum atomic E-state index is -4.73. The normalized spacial score (nSPS) is 12.6. The van der Waals surface area contributed by atoms with Gasteiger partial charge >= 0.3 is 19.8 Å². The molecule has 0 saturated carbocycles. The lowest BCUT2D eigenvalue weighted by molar-refractivity contribution is -0.161. The summed E-state index contributed by atoms with van der Waals surface area (Å²) in [5.74, 6) is -0.895. The summed E-state index contributed by atoms with van der Waals surface area (Å²) in [6, 6.07) is 0. The number of phosphoric acid groups is 1. The van der Waals surface area contributed by atoms with Crippen LogP contribution in [-0.4, -0.2) is 41.0 Å². The molecule has 0 bridgehead atoms. The van der Waals surface area contributed by atoms with Gasteiger partial charge in [0, 0.05) is 12.8 Å². The van der Waals surface area contributed by atoms with Gasteiger partial charge in [-0.2, -0.15) is 0 Å². The monoisotopic (exact) mass is 590 g/mol. The highest BCUT2D eigenvalue weighted by Gasteiger charge is 2.22. The van der Waals surface area contributed by atoms with Crippen LogP contribution in [0.3, 0.4) is 0 Å². The number of unbranched alkanes of at least 4 members (excludes halogenated alkanes) is 17. The first-order valence-corrected chi connectivity index (χ1v) is 17.5. The maximum absolute atomic E-state index is 12.3. The number of hydrogen-bond acceptors (Lipinski definition) is 6. The van der Waals surface area contributed by atoms with Crippen LogP contribution in [0.25, 0.3) is 0 Å². The molecule has 0 aromatic rings. The molecule has 0 heterocycles. The number of carbonyl (C=O) groups is 2. The summed E-state index contributed by atoms with van der Waals surface area (Å²) in [6.07, 6.45) is 26.7. The Labute approximate surface area is 244 Å². The van der Waals surface area contributed by atoms with Crippen molar-refractivity contribution in [2.45, 2.75) is 161 Å². The van der Waals surface area contributed by atoms with Crippen LogP contribution < -0.4 is 0 Å². The molecule has 0 aromatic heterocycles. The van der Waals surface area contributed by atoms with Crippen LogP contribution in [0, 0.1) is 0 Å². The zero-order valence-electron chi connectivity index (χ0n) is 25.5. The number of phosphoric ester groups is 1. The zero-order valence-corrected chi connectivity index (χ0v) is 26.4. The predicted molar refractivity (Wildman–Crippen MR) is 161 cm³/mol. The summed E-state index contributed by atoms with van der Waals surface area (Å²) < 4.78 is 26.1. The van der Waals surface area contributed by atoms with E-state index in [1.807, 2.05) is 0 Å². The second-order valence-electron chi connectivity index (χ2n) is 10.8. The second kappa shape index (κ2) is 27.9. The molecule has 0 unspecified atom stereocenters. The van der Waals surface area contributed by atoms with Crippen molar-refractivity contribution in [2.24, 2.45) is 0 Å². The molecule has 0 spiro atoms. The molecule has 40 heavy (non-hydrogen) atoms. The predicted octanol–water partition coefficient (Wildman–Crippen LogP) is 8.73. The van der Waals surface area contributed by atoms with Gasteiger partial charge in [0.15, 0.2) is 6.10 Å². The van der Waals surface area contributed by atoms with Gasteiger partial charge in [-0.15, -0.1) is 0 Å². The van der Waals surface area contributed by atoms with Crippen molar-refractivity contribution < 1.29 is 37.9 Å². The van der Waals surface area contributed by atoms with E-state index in [4.69, 9.17) is 19.3 Å². The number of allylic oxidation sites excluding steroid dienone is 2. The van der Waals surface area contributed by atoms with E-state index in [-0.39, 0.29) is 19.4 Å². The van der Waals surface area contributed by atoms with Gasteiger partial charge in [0.05, 0.1) is 6.61 Å². The highest BCUT2D eigenvalue weighted by molar-refractivity contribution is 7.46. The van der Waals surface area contributed by atoms with E-state index in [2.05, 4.69) is 30.5 Å². The number of ether oxygens (including phenoxy) is 2. The molecule has 0 radical (unpaired) electrons. The minimum Gasteiger partial charge on any atom is -0.462 e. The van der Waals surface area contributed by atoms with Gasteiger partial charge in [0.1, 0.15) is 6.61 Å². The van der Waals surface area contributed by atoms with Crippen molar-refractivity contribution in [1.29, 1.82) is 0 Å². The van der Waals surface area contributed by atoms with E-state index >= 15 is 0 Å². The zero-order chi connectivity index (χ0) is 29.7. The largest absolute Gasteiger partial charge is 0.469 e. The van der Waals surface area contributed by atoms with Gasteiger partial charge in [-0.25, -0.2) is 4.57 Å². The lowest BCUT2D eigenvalue weighted by atomic mass is 10.1. The molecule has 236 valence electrons. The summed E-state index contributed by atoms with van der Waals surface area (Å²) >= 11 is 0. The summed E-state index contributed by atoms with van der Waals surface area (Å²) in [5, 5.41) is 0. The van der Waals surface area contributed by atoms with Gasteiger partial charge in [-0.1, -0.05) is 116 Å². The van der Waals surface area contributed by atoms with Crippen molar-refractivity contribution in [3.63, 3.8) is 0 Å². The smallest absolute Gasteiger partial charge is 0.462 e. The van der Waals surface area contributed by atoms with Crippen LogP contribution in [0.5, 0.6) is 0 Å². The maximum Gasteiger partial charge on any atom is 0.469 e. The van der Waals surface area contributed by atoms with Crippen LogP contribution in [0.2, 0.25) is 0 Å². The molecule has 2 N–H and O–H groups in total. The van der Waals surface area contributed by atoms with Gasteiger partial charge in [-0.3, -0.25) is 14.1 Å². The van der Waals surface area contributed by atoms with Crippen molar-refractivity contribution >= 4 is 19.8 Å². The number of hydrogen-bond donors (Lipinski definition) is 2. The molecule has 0 aliphatic heterocycles. The first-order chi connectivity index (χ1) is 19.3. The van der Waals surface area contributed by atoms with Crippen LogP contribution in [0.4, 0.5) is 0 Å². The lowest BCUT2D eigenvalue weighted by Gasteiger charge is -2.18. The van der Waals surface area contributed by atoms with Crippen molar-refractivity contribution in [1.82, 2.24) is 0 Å². The first-order valence-electron chi connectivity index (χ1n) is 16.0. The van der Waals surface area contributed by atoms with E-state index < -0.39 is 32.5 Å². The molecular weight excluding hydrogens is 531 g/mol. The quantitative estimate of drug-likeness (QED) is 0.0384. The molecule has 0 aromatic carbocycles. The fraction of sp³-hybridized carbons (Fsp3) is 0.871. The van der Waals surface area contributed by atoms with E-state index in [1.165, 1.54) is 70.6 Å². The minimum absolute atomic E-state index is 0.210. The summed E-state index contributed by atoms with van der Waals surface area (Å²) in [4.78, 5) is 42.3. The van der Waals surface area contributed by atoms with E-state index in [0.717, 1.165) is 51.4 Å². The highest BCUT2D eigenvalue weighted by Crippen LogP contribution is 2.35. The lowest BCUT2D eigenvalue weighted by Crippen LogP contribution is -2.29. The van der Waals surface area contributed by atoms with Crippen molar-refractivity contribution in [2.75, 3.05) is 13.2 Å². The molecule has 8 nitrogen and oxygen atoms in total. The van der Waals surface area contributed by atoms with Gasteiger partial charge in [0.25, 0.3) is 0 Å². The van der Waals surface area contributed by atoms with Crippen molar-refractivity contribution in [3.8, 4) is 0 Å². The van der Waals surface area contributed by atoms with Crippen LogP contribution in [-0.2, 0) is 28.2 Å². The Hall–Kier alpha value is -1.21. The van der Waals surface area contributed by atoms with Crippen molar-refractivity contribution in [3.05, 3.63) is 12.2 Å². The first kappa shape index (κ1) is 38.8. The Balaban J connectivity index is 3.99. The topological polar surface area (TPSA) is 119 Å². The number of carbonyl (C=O) groups excluding carboxylic acids is 2. The molecule has 0 aliphatic rings. The molecule has 0 amide bonds. The van der Waals surface area contributed by atoms with E-state index in [1.54, 1.807) is 0 Å². The average molecular weight is 591 g/mol. The molecule has 0 saturated heterocycles. The summed E-state index contributed by atoms with van der Waals surface area (Å²) in [6.45, 7) is 3.59. The third kappa shape index (κ3) is 29.8. The Bertz CT molecular complexity index is 676. The Kier molecular flexibility index (Phi) is 27.1. The number of esters is 2. The standard InChI is InChI=1S/C31H59O8P/c1-3-5-7-9-11-12-13-14-15-16-17-18-20-22-24-26-31(33)39-29(28-38-40(34,35)36)27-37-30(32)25-23-21-19-10-8-6-4-2/h12-13,29H,3-11,14-28H2,1-2H3,(H2,34,35,36)/b13-12-/t29-/m1/s1. The van der Waals surface area contributed by atoms with E-state index in [9.17, 15) is 14.2 Å². The Morgan fingerprint density at radius 1 is 0.625 bits per heavy atom. The highest BCUT2D eigenvalue weighted by atomic mass is 31.2. The fourth-order valence-corrected chi connectivity index (χ4v) is 4.73. The van der Waals surface area contributed by atoms with Gasteiger partial charge in [0.2, 0.25) is 0 Å². The summed E-state index contributed by atoms with van der Waals surface area (Å²) in [7, 11) is -4.73. The van der Waals surface area contributed by atoms with Crippen LogP contribution in [0.1, 0.15) is 155 Å². The molecule has 0 rings (SSSR count). The van der Waals surface area contributed by atoms with Gasteiger partial charge in [-0.05, 0) is 38.5 Å². The summed E-state index contributed by atoms with van der Waals surface area (Å²) in [5.41, 5.74) is 0. The molecule has 1 atom stereocenters. The molecular formula is C31H59O8P. The SMILES string of the molecule is CCCCCC/C=C\CCCCCCCCCC(=O)O[C@H](COC(=O)CCCCCCCCC)COP(=O)(O)O. The third-order valence-electron chi connectivity index (χ3n) is 6.78. The van der Waals surface area contributed by atoms with Crippen LogP contribution in [0.15, 0.2) is 12.2 Å². The molecule has 0 aliphatic carbocycles. The third-order valence-corrected chi connectivity index (χ3v) is 7.27. The van der Waals surface area contributed by atoms with E-state index in [0.29, 0.717) is 6.42 Å².